The van der Waals surface area contributed by atoms with E-state index in [2.05, 4.69) is 21.2 Å². The highest BCUT2D eigenvalue weighted by Crippen LogP contribution is 2.28. The lowest BCUT2D eigenvalue weighted by Crippen LogP contribution is -2.32. The fourth-order valence-electron chi connectivity index (χ4n) is 3.32. The molecule has 0 saturated carbocycles. The first-order valence-electron chi connectivity index (χ1n) is 11.3. The van der Waals surface area contributed by atoms with Gasteiger partial charge in [-0.2, -0.15) is 5.10 Å². The second-order valence-corrected chi connectivity index (χ2v) is 7.90. The number of para-hydroxylation sites is 1. The average Bonchev–Trinajstić information content (AvgIpc) is 2.89. The third-order valence-corrected chi connectivity index (χ3v) is 5.21. The summed E-state index contributed by atoms with van der Waals surface area (Å²) in [6, 6.07) is 17.3. The van der Waals surface area contributed by atoms with Crippen LogP contribution in [0.1, 0.15) is 16.7 Å². The van der Waals surface area contributed by atoms with Gasteiger partial charge in [0.1, 0.15) is 5.75 Å². The molecule has 0 heterocycles. The summed E-state index contributed by atoms with van der Waals surface area (Å²) in [7, 11) is 2.96. The molecular weight excluding hydrogens is 476 g/mol. The summed E-state index contributed by atoms with van der Waals surface area (Å²) in [6.07, 6.45) is 1.34. The fraction of sp³-hybridized carbons (Fsp3) is 0.185. The van der Waals surface area contributed by atoms with Crippen LogP contribution in [-0.2, 0) is 14.4 Å². The van der Waals surface area contributed by atoms with Gasteiger partial charge in [-0.15, -0.1) is 0 Å². The summed E-state index contributed by atoms with van der Waals surface area (Å²) in [5.74, 6) is -0.865. The number of ether oxygens (including phenoxy) is 3. The van der Waals surface area contributed by atoms with Crippen molar-refractivity contribution in [2.45, 2.75) is 13.8 Å². The minimum absolute atomic E-state index is 0.212. The molecule has 0 saturated heterocycles. The van der Waals surface area contributed by atoms with Crippen molar-refractivity contribution < 1.29 is 28.6 Å². The number of carbonyl (C=O) groups excluding carboxylic acids is 3. The predicted octanol–water partition coefficient (Wildman–Crippen LogP) is 3.43. The van der Waals surface area contributed by atoms with Crippen LogP contribution in [0.4, 0.5) is 11.4 Å². The number of rotatable bonds is 9. The Labute approximate surface area is 214 Å². The summed E-state index contributed by atoms with van der Waals surface area (Å²) in [4.78, 5) is 36.5. The van der Waals surface area contributed by atoms with Gasteiger partial charge in [-0.1, -0.05) is 24.3 Å². The molecule has 0 aliphatic rings. The van der Waals surface area contributed by atoms with E-state index < -0.39 is 11.8 Å². The van der Waals surface area contributed by atoms with Gasteiger partial charge >= 0.3 is 11.8 Å². The molecule has 0 unspecified atom stereocenters. The van der Waals surface area contributed by atoms with Crippen LogP contribution in [0.25, 0.3) is 0 Å². The van der Waals surface area contributed by atoms with E-state index in [0.29, 0.717) is 28.5 Å². The van der Waals surface area contributed by atoms with Gasteiger partial charge in [0.25, 0.3) is 5.91 Å². The number of benzene rings is 3. The first-order valence-corrected chi connectivity index (χ1v) is 11.3. The molecule has 0 aliphatic heterocycles. The molecule has 10 heteroatoms. The molecule has 3 N–H and O–H groups in total. The van der Waals surface area contributed by atoms with Crippen LogP contribution in [0.3, 0.4) is 0 Å². The lowest BCUT2D eigenvalue weighted by molar-refractivity contribution is -0.136. The molecule has 0 aromatic heterocycles. The summed E-state index contributed by atoms with van der Waals surface area (Å²) in [6.45, 7) is 3.63. The van der Waals surface area contributed by atoms with Gasteiger partial charge in [0, 0.05) is 17.4 Å². The molecular formula is C27H28N4O6. The normalized spacial score (nSPS) is 10.5. The molecule has 3 aromatic carbocycles. The van der Waals surface area contributed by atoms with Crippen LogP contribution in [0.15, 0.2) is 65.8 Å². The smallest absolute Gasteiger partial charge is 0.329 e. The lowest BCUT2D eigenvalue weighted by atomic mass is 10.1. The minimum Gasteiger partial charge on any atom is -0.497 e. The van der Waals surface area contributed by atoms with E-state index in [1.165, 1.54) is 20.4 Å². The average molecular weight is 505 g/mol. The summed E-state index contributed by atoms with van der Waals surface area (Å²) < 4.78 is 16.1. The highest BCUT2D eigenvalue weighted by molar-refractivity contribution is 6.39. The number of hydrazone groups is 1. The Morgan fingerprint density at radius 3 is 2.27 bits per heavy atom. The maximum absolute atomic E-state index is 12.4. The number of carbonyl (C=O) groups is 3. The third-order valence-electron chi connectivity index (χ3n) is 5.21. The summed E-state index contributed by atoms with van der Waals surface area (Å²) in [5.41, 5.74) is 5.82. The van der Waals surface area contributed by atoms with Crippen molar-refractivity contribution >= 4 is 35.3 Å². The number of amides is 3. The van der Waals surface area contributed by atoms with Gasteiger partial charge in [0.15, 0.2) is 18.1 Å². The molecule has 0 spiro atoms. The van der Waals surface area contributed by atoms with Gasteiger partial charge in [-0.05, 0) is 60.9 Å². The van der Waals surface area contributed by atoms with E-state index >= 15 is 0 Å². The summed E-state index contributed by atoms with van der Waals surface area (Å²) in [5, 5.41) is 9.13. The second kappa shape index (κ2) is 12.7. The number of methoxy groups -OCH3 is 2. The molecule has 3 aromatic rings. The molecule has 0 fully saturated rings. The number of nitrogens with one attached hydrogen (secondary N) is 3. The highest BCUT2D eigenvalue weighted by atomic mass is 16.5. The molecule has 192 valence electrons. The molecule has 37 heavy (non-hydrogen) atoms. The van der Waals surface area contributed by atoms with Gasteiger partial charge in [-0.25, -0.2) is 5.43 Å². The SMILES string of the molecule is COc1cccc(NC(=O)C(=O)N/N=C\c2ccc(OCC(=O)Nc3c(C)cccc3C)c(OC)c2)c1. The Hall–Kier alpha value is -4.86. The molecule has 0 bridgehead atoms. The highest BCUT2D eigenvalue weighted by Gasteiger charge is 2.14. The van der Waals surface area contributed by atoms with Crippen LogP contribution < -0.4 is 30.3 Å². The van der Waals surface area contributed by atoms with Gasteiger partial charge in [-0.3, -0.25) is 14.4 Å². The number of hydrogen-bond acceptors (Lipinski definition) is 7. The predicted molar refractivity (Wildman–Crippen MR) is 140 cm³/mol. The maximum Gasteiger partial charge on any atom is 0.329 e. The first kappa shape index (κ1) is 26.7. The Kier molecular flexibility index (Phi) is 9.20. The van der Waals surface area contributed by atoms with Crippen molar-refractivity contribution in [3.8, 4) is 17.2 Å². The van der Waals surface area contributed by atoms with E-state index in [1.807, 2.05) is 32.0 Å². The van der Waals surface area contributed by atoms with Crippen LogP contribution in [0.5, 0.6) is 17.2 Å². The molecule has 0 aliphatic carbocycles. The zero-order valence-electron chi connectivity index (χ0n) is 21.0. The van der Waals surface area contributed by atoms with Crippen molar-refractivity contribution in [1.82, 2.24) is 5.43 Å². The topological polar surface area (TPSA) is 127 Å². The molecule has 0 atom stereocenters. The maximum atomic E-state index is 12.4. The fourth-order valence-corrected chi connectivity index (χ4v) is 3.32. The Balaban J connectivity index is 1.54. The van der Waals surface area contributed by atoms with E-state index in [1.54, 1.807) is 42.5 Å². The van der Waals surface area contributed by atoms with Crippen molar-refractivity contribution in [2.24, 2.45) is 5.10 Å². The van der Waals surface area contributed by atoms with E-state index in [9.17, 15) is 14.4 Å². The van der Waals surface area contributed by atoms with Crippen molar-refractivity contribution in [1.29, 1.82) is 0 Å². The minimum atomic E-state index is -0.944. The van der Waals surface area contributed by atoms with E-state index in [-0.39, 0.29) is 12.5 Å². The number of nitrogens with zero attached hydrogens (tertiary/aromatic N) is 1. The van der Waals surface area contributed by atoms with E-state index in [4.69, 9.17) is 14.2 Å². The zero-order chi connectivity index (χ0) is 26.8. The van der Waals surface area contributed by atoms with Gasteiger partial charge < -0.3 is 24.8 Å². The quantitative estimate of drug-likeness (QED) is 0.233. The van der Waals surface area contributed by atoms with E-state index in [0.717, 1.165) is 16.8 Å². The Bertz CT molecular complexity index is 1300. The largest absolute Gasteiger partial charge is 0.497 e. The van der Waals surface area contributed by atoms with Crippen LogP contribution in [0.2, 0.25) is 0 Å². The third kappa shape index (κ3) is 7.56. The van der Waals surface area contributed by atoms with Crippen LogP contribution >= 0.6 is 0 Å². The van der Waals surface area contributed by atoms with Crippen molar-refractivity contribution in [2.75, 3.05) is 31.5 Å². The Morgan fingerprint density at radius 1 is 0.838 bits per heavy atom. The lowest BCUT2D eigenvalue weighted by Gasteiger charge is -2.13. The monoisotopic (exact) mass is 504 g/mol. The number of hydrogen-bond donors (Lipinski definition) is 3. The molecule has 0 radical (unpaired) electrons. The van der Waals surface area contributed by atoms with Crippen molar-refractivity contribution in [3.05, 3.63) is 77.4 Å². The Morgan fingerprint density at radius 2 is 1.57 bits per heavy atom. The van der Waals surface area contributed by atoms with Crippen LogP contribution in [0, 0.1) is 13.8 Å². The molecule has 10 nitrogen and oxygen atoms in total. The van der Waals surface area contributed by atoms with Gasteiger partial charge in [0.2, 0.25) is 0 Å². The van der Waals surface area contributed by atoms with Crippen molar-refractivity contribution in [3.63, 3.8) is 0 Å². The first-order chi connectivity index (χ1) is 17.8. The molecule has 3 rings (SSSR count). The molecule has 3 amide bonds. The second-order valence-electron chi connectivity index (χ2n) is 7.90. The number of anilines is 2. The zero-order valence-corrected chi connectivity index (χ0v) is 21.0. The number of aryl methyl sites for hydroxylation is 2. The summed E-state index contributed by atoms with van der Waals surface area (Å²) >= 11 is 0. The van der Waals surface area contributed by atoms with Gasteiger partial charge in [0.05, 0.1) is 20.4 Å². The van der Waals surface area contributed by atoms with Crippen LogP contribution in [-0.4, -0.2) is 44.8 Å². The standard InChI is InChI=1S/C27H28N4O6/c1-17-7-5-8-18(2)25(17)30-24(32)16-37-22-12-11-19(13-23(22)36-4)15-28-31-27(34)26(33)29-20-9-6-10-21(14-20)35-3/h5-15H,16H2,1-4H3,(H,29,33)(H,30,32)(H,31,34)/b28-15-.